The van der Waals surface area contributed by atoms with E-state index in [4.69, 9.17) is 0 Å². The zero-order valence-electron chi connectivity index (χ0n) is 15.3. The summed E-state index contributed by atoms with van der Waals surface area (Å²) in [6, 6.07) is 0. The topological polar surface area (TPSA) is 34.6 Å². The molecule has 0 unspecified atom stereocenters. The van der Waals surface area contributed by atoms with E-state index in [9.17, 15) is 26.3 Å². The molecule has 0 aliphatic heterocycles. The summed E-state index contributed by atoms with van der Waals surface area (Å²) in [4.78, 5) is 0.00884. The second-order valence-corrected chi connectivity index (χ2v) is 7.69. The molecule has 2 rings (SSSR count). The van der Waals surface area contributed by atoms with Crippen molar-refractivity contribution in [3.8, 4) is 0 Å². The first-order chi connectivity index (χ1) is 13.1. The van der Waals surface area contributed by atoms with Crippen molar-refractivity contribution in [3.05, 3.63) is 31.8 Å². The molecule has 0 aliphatic rings. The third-order valence-corrected chi connectivity index (χ3v) is 5.58. The molecule has 0 fully saturated rings. The van der Waals surface area contributed by atoms with Crippen molar-refractivity contribution in [2.24, 2.45) is 10.2 Å². The summed E-state index contributed by atoms with van der Waals surface area (Å²) in [6.07, 6.45) is -6.67. The molecule has 0 spiro atoms. The van der Waals surface area contributed by atoms with Gasteiger partial charge in [0.25, 0.3) is 0 Å². The van der Waals surface area contributed by atoms with Crippen molar-refractivity contribution in [3.63, 3.8) is 0 Å². The van der Waals surface area contributed by atoms with Gasteiger partial charge < -0.3 is 9.13 Å². The molecule has 0 atom stereocenters. The summed E-state index contributed by atoms with van der Waals surface area (Å²) in [5.41, 5.74) is -1.66. The van der Waals surface area contributed by atoms with Gasteiger partial charge in [-0.25, -0.2) is 0 Å². The van der Waals surface area contributed by atoms with Gasteiger partial charge in [-0.2, -0.15) is 26.3 Å². The molecule has 2 aromatic rings. The van der Waals surface area contributed by atoms with Crippen molar-refractivity contribution in [2.75, 3.05) is 0 Å². The number of hydrogen-bond acceptors (Lipinski definition) is 4. The minimum atomic E-state index is -4.54. The fourth-order valence-corrected chi connectivity index (χ4v) is 4.19. The average Bonchev–Trinajstić information content (AvgIpc) is 3.19. The maximum Gasteiger partial charge on any atom is 0.432 e. The first-order valence-corrected chi connectivity index (χ1v) is 10.4. The molecular formula is C16H20F6N4S2. The Labute approximate surface area is 165 Å². The lowest BCUT2D eigenvalue weighted by Crippen LogP contribution is -2.24. The highest BCUT2D eigenvalue weighted by Gasteiger charge is 2.36. The normalized spacial score (nSPS) is 14.3. The van der Waals surface area contributed by atoms with Crippen LogP contribution in [0.3, 0.4) is 0 Å². The molecule has 12 heteroatoms. The summed E-state index contributed by atoms with van der Waals surface area (Å²) >= 11 is 1.53. The van der Waals surface area contributed by atoms with Crippen LogP contribution >= 0.6 is 22.7 Å². The third kappa shape index (κ3) is 5.49. The Hall–Kier alpha value is -1.56. The van der Waals surface area contributed by atoms with Crippen LogP contribution in [0.1, 0.15) is 50.9 Å². The molecule has 158 valence electrons. The van der Waals surface area contributed by atoms with Gasteiger partial charge >= 0.3 is 12.4 Å². The second-order valence-electron chi connectivity index (χ2n) is 6.01. The Bertz CT molecular complexity index is 824. The molecule has 0 saturated heterocycles. The van der Waals surface area contributed by atoms with E-state index in [1.165, 1.54) is 0 Å². The van der Waals surface area contributed by atoms with Gasteiger partial charge in [0.1, 0.15) is 11.4 Å². The summed E-state index contributed by atoms with van der Waals surface area (Å²) < 4.78 is 81.1. The molecule has 0 aromatic carbocycles. The number of aromatic nitrogens is 2. The van der Waals surface area contributed by atoms with E-state index >= 15 is 0 Å². The first kappa shape index (κ1) is 22.7. The summed E-state index contributed by atoms with van der Waals surface area (Å²) in [5.74, 6) is 0. The van der Waals surface area contributed by atoms with Crippen LogP contribution in [0.4, 0.5) is 26.3 Å². The van der Waals surface area contributed by atoms with E-state index in [1.807, 2.05) is 13.8 Å². The lowest BCUT2D eigenvalue weighted by molar-refractivity contribution is -0.144. The van der Waals surface area contributed by atoms with Crippen molar-refractivity contribution >= 4 is 22.7 Å². The SMILES string of the molecule is CCCCn1c(C(F)(F)F)csc1=NN=c1scc(C(F)(F)F)n1CCCC. The number of nitrogens with zero attached hydrogens (tertiary/aromatic N) is 4. The van der Waals surface area contributed by atoms with Crippen LogP contribution in [0.2, 0.25) is 0 Å². The predicted molar refractivity (Wildman–Crippen MR) is 95.6 cm³/mol. The van der Waals surface area contributed by atoms with E-state index in [-0.39, 0.29) is 22.7 Å². The maximum absolute atomic E-state index is 13.2. The fourth-order valence-electron chi connectivity index (χ4n) is 2.42. The Morgan fingerprint density at radius 2 is 1.11 bits per heavy atom. The van der Waals surface area contributed by atoms with Gasteiger partial charge in [0.2, 0.25) is 9.60 Å². The summed E-state index contributed by atoms with van der Waals surface area (Å²) in [7, 11) is 0. The van der Waals surface area contributed by atoms with Gasteiger partial charge in [0, 0.05) is 23.8 Å². The van der Waals surface area contributed by atoms with Crippen LogP contribution in [0.15, 0.2) is 21.0 Å². The standard InChI is InChI=1S/C16H20F6N4S2/c1-3-5-7-25-11(15(17,18)19)9-27-13(25)23-24-14-26(8-6-4-2)12(10-28-14)16(20,21)22/h9-10H,3-8H2,1-2H3. The molecule has 0 N–H and O–H groups in total. The Balaban J connectivity index is 2.56. The number of rotatable bonds is 7. The smallest absolute Gasteiger partial charge is 0.311 e. The average molecular weight is 446 g/mol. The molecule has 0 saturated carbocycles. The van der Waals surface area contributed by atoms with Gasteiger partial charge in [-0.15, -0.1) is 32.9 Å². The molecule has 0 amide bonds. The predicted octanol–water partition coefficient (Wildman–Crippen LogP) is 5.47. The molecule has 2 heterocycles. The number of alkyl halides is 6. The minimum Gasteiger partial charge on any atom is -0.311 e. The van der Waals surface area contributed by atoms with E-state index < -0.39 is 23.7 Å². The van der Waals surface area contributed by atoms with Crippen LogP contribution in [0.25, 0.3) is 0 Å². The maximum atomic E-state index is 13.2. The first-order valence-electron chi connectivity index (χ1n) is 8.68. The quantitative estimate of drug-likeness (QED) is 0.400. The van der Waals surface area contributed by atoms with E-state index in [1.54, 1.807) is 0 Å². The summed E-state index contributed by atoms with van der Waals surface area (Å²) in [6.45, 7) is 3.92. The molecule has 0 aliphatic carbocycles. The van der Waals surface area contributed by atoms with Crippen LogP contribution in [0, 0.1) is 0 Å². The van der Waals surface area contributed by atoms with Gasteiger partial charge in [0.05, 0.1) is 0 Å². The van der Waals surface area contributed by atoms with Crippen molar-refractivity contribution < 1.29 is 26.3 Å². The molecule has 2 aromatic heterocycles. The van der Waals surface area contributed by atoms with E-state index in [2.05, 4.69) is 10.2 Å². The minimum absolute atomic E-state index is 0.00442. The number of thiazole rings is 2. The highest BCUT2D eigenvalue weighted by atomic mass is 32.1. The molecule has 0 radical (unpaired) electrons. The summed E-state index contributed by atoms with van der Waals surface area (Å²) in [5, 5.41) is 9.61. The molecular weight excluding hydrogens is 426 g/mol. The Morgan fingerprint density at radius 3 is 1.39 bits per heavy atom. The largest absolute Gasteiger partial charge is 0.432 e. The van der Waals surface area contributed by atoms with Gasteiger partial charge in [-0.05, 0) is 12.8 Å². The van der Waals surface area contributed by atoms with Crippen LogP contribution in [0.5, 0.6) is 0 Å². The zero-order chi connectivity index (χ0) is 20.9. The van der Waals surface area contributed by atoms with Crippen LogP contribution in [-0.4, -0.2) is 9.13 Å². The van der Waals surface area contributed by atoms with Crippen molar-refractivity contribution in [1.29, 1.82) is 0 Å². The number of hydrogen-bond donors (Lipinski definition) is 0. The van der Waals surface area contributed by atoms with Crippen molar-refractivity contribution in [2.45, 2.75) is 65.0 Å². The highest BCUT2D eigenvalue weighted by Crippen LogP contribution is 2.30. The monoisotopic (exact) mass is 446 g/mol. The van der Waals surface area contributed by atoms with Gasteiger partial charge in [0.15, 0.2) is 0 Å². The second kappa shape index (κ2) is 9.29. The van der Waals surface area contributed by atoms with E-state index in [0.29, 0.717) is 25.7 Å². The third-order valence-electron chi connectivity index (χ3n) is 3.87. The Kier molecular flexibility index (Phi) is 7.54. The van der Waals surface area contributed by atoms with Gasteiger partial charge in [-0.1, -0.05) is 26.7 Å². The van der Waals surface area contributed by atoms with Gasteiger partial charge in [-0.3, -0.25) is 0 Å². The fraction of sp³-hybridized carbons (Fsp3) is 0.625. The lowest BCUT2D eigenvalue weighted by atomic mass is 10.3. The molecule has 28 heavy (non-hydrogen) atoms. The van der Waals surface area contributed by atoms with Crippen LogP contribution in [-0.2, 0) is 25.4 Å². The van der Waals surface area contributed by atoms with E-state index in [0.717, 1.165) is 42.6 Å². The molecule has 4 nitrogen and oxygen atoms in total. The van der Waals surface area contributed by atoms with Crippen LogP contribution < -0.4 is 9.60 Å². The zero-order valence-corrected chi connectivity index (χ0v) is 16.9. The van der Waals surface area contributed by atoms with Crippen molar-refractivity contribution in [1.82, 2.24) is 9.13 Å². The Morgan fingerprint density at radius 1 is 0.750 bits per heavy atom. The number of unbranched alkanes of at least 4 members (excludes halogenated alkanes) is 2. The lowest BCUT2D eigenvalue weighted by Gasteiger charge is -2.11. The number of halogens is 6. The molecule has 0 bridgehead atoms. The highest BCUT2D eigenvalue weighted by molar-refractivity contribution is 7.07.